The Kier molecular flexibility index (Phi) is 1.69. The van der Waals surface area contributed by atoms with Crippen molar-refractivity contribution in [2.75, 3.05) is 5.75 Å². The van der Waals surface area contributed by atoms with Crippen LogP contribution in [0.3, 0.4) is 0 Å². The van der Waals surface area contributed by atoms with Gasteiger partial charge in [-0.3, -0.25) is 0 Å². The minimum atomic E-state index is -2.77. The summed E-state index contributed by atoms with van der Waals surface area (Å²) in [5.41, 5.74) is 0.968. The smallest absolute Gasteiger partial charge is 0.175 e. The number of sulfone groups is 1. The van der Waals surface area contributed by atoms with Gasteiger partial charge in [0, 0.05) is 10.2 Å². The molecule has 9 heavy (non-hydrogen) atoms. The van der Waals surface area contributed by atoms with E-state index in [1.54, 1.807) is 0 Å². The monoisotopic (exact) mass is 210 g/mol. The molecule has 0 N–H and O–H groups in total. The van der Waals surface area contributed by atoms with Gasteiger partial charge in [0.2, 0.25) is 0 Å². The van der Waals surface area contributed by atoms with Crippen LogP contribution < -0.4 is 0 Å². The van der Waals surface area contributed by atoms with Crippen LogP contribution in [0, 0.1) is 0 Å². The third-order valence-corrected chi connectivity index (χ3v) is 3.20. The van der Waals surface area contributed by atoms with E-state index < -0.39 is 9.84 Å². The van der Waals surface area contributed by atoms with Crippen LogP contribution in [0.4, 0.5) is 0 Å². The standard InChI is InChI=1S/C5H7BrO2S/c1-4(6)5-2-9(7,8)3-5/h2,4H,3H2,1H3. The van der Waals surface area contributed by atoms with Crippen molar-refractivity contribution in [1.82, 2.24) is 0 Å². The van der Waals surface area contributed by atoms with Crippen LogP contribution in [0.1, 0.15) is 6.92 Å². The Balaban J connectivity index is 2.77. The maximum atomic E-state index is 10.5. The maximum Gasteiger partial charge on any atom is 0.175 e. The van der Waals surface area contributed by atoms with Gasteiger partial charge in [-0.05, 0) is 12.5 Å². The predicted molar refractivity (Wildman–Crippen MR) is 40.3 cm³/mol. The molecule has 0 aromatic carbocycles. The molecule has 0 saturated heterocycles. The summed E-state index contributed by atoms with van der Waals surface area (Å²) in [5.74, 6) is 0.236. The summed E-state index contributed by atoms with van der Waals surface area (Å²) in [4.78, 5) is 0.209. The summed E-state index contributed by atoms with van der Waals surface area (Å²) in [6, 6.07) is 0. The molecule has 0 aromatic rings. The van der Waals surface area contributed by atoms with Gasteiger partial charge in [-0.15, -0.1) is 0 Å². The summed E-state index contributed by atoms with van der Waals surface area (Å²) in [5, 5.41) is 1.33. The van der Waals surface area contributed by atoms with E-state index in [0.717, 1.165) is 5.57 Å². The Labute approximate surface area is 63.0 Å². The molecule has 4 heteroatoms. The van der Waals surface area contributed by atoms with E-state index in [-0.39, 0.29) is 10.6 Å². The SMILES string of the molecule is CC(Br)C1=CS(=O)(=O)C1. The Morgan fingerprint density at radius 3 is 2.33 bits per heavy atom. The highest BCUT2D eigenvalue weighted by molar-refractivity contribution is 9.09. The molecule has 0 amide bonds. The van der Waals surface area contributed by atoms with Crippen LogP contribution in [0.2, 0.25) is 0 Å². The number of hydrogen-bond donors (Lipinski definition) is 0. The zero-order valence-electron chi connectivity index (χ0n) is 4.96. The van der Waals surface area contributed by atoms with Gasteiger partial charge in [-0.25, -0.2) is 8.42 Å². The molecule has 1 aliphatic heterocycles. The number of rotatable bonds is 1. The zero-order valence-corrected chi connectivity index (χ0v) is 7.37. The van der Waals surface area contributed by atoms with Gasteiger partial charge in [0.05, 0.1) is 5.75 Å². The first-order chi connectivity index (χ1) is 4.01. The second-order valence-corrected chi connectivity index (χ2v) is 5.34. The van der Waals surface area contributed by atoms with Crippen molar-refractivity contribution in [3.63, 3.8) is 0 Å². The third kappa shape index (κ3) is 1.55. The van der Waals surface area contributed by atoms with E-state index in [9.17, 15) is 8.42 Å². The lowest BCUT2D eigenvalue weighted by atomic mass is 10.3. The Hall–Kier alpha value is 0.170. The molecule has 1 rings (SSSR count). The highest BCUT2D eigenvalue weighted by atomic mass is 79.9. The normalized spacial score (nSPS) is 26.2. The van der Waals surface area contributed by atoms with E-state index in [2.05, 4.69) is 15.9 Å². The second kappa shape index (κ2) is 2.09. The summed E-state index contributed by atoms with van der Waals surface area (Å²) in [6.45, 7) is 1.92. The fourth-order valence-electron chi connectivity index (χ4n) is 0.648. The van der Waals surface area contributed by atoms with Crippen molar-refractivity contribution in [2.45, 2.75) is 11.8 Å². The quantitative estimate of drug-likeness (QED) is 0.608. The fourth-order valence-corrected chi connectivity index (χ4v) is 2.66. The van der Waals surface area contributed by atoms with Gasteiger partial charge in [0.25, 0.3) is 0 Å². The molecule has 52 valence electrons. The zero-order chi connectivity index (χ0) is 7.07. The van der Waals surface area contributed by atoms with Gasteiger partial charge < -0.3 is 0 Å². The van der Waals surface area contributed by atoms with Crippen LogP contribution >= 0.6 is 15.9 Å². The molecule has 0 aliphatic carbocycles. The van der Waals surface area contributed by atoms with E-state index in [1.807, 2.05) is 6.92 Å². The molecule has 0 saturated carbocycles. The van der Waals surface area contributed by atoms with Crippen LogP contribution in [0.15, 0.2) is 11.0 Å². The lowest BCUT2D eigenvalue weighted by Gasteiger charge is -2.16. The lowest BCUT2D eigenvalue weighted by Crippen LogP contribution is -2.21. The molecule has 1 unspecified atom stereocenters. The van der Waals surface area contributed by atoms with Crippen LogP contribution in [0.25, 0.3) is 0 Å². The van der Waals surface area contributed by atoms with Crippen LogP contribution in [-0.2, 0) is 9.84 Å². The van der Waals surface area contributed by atoms with Crippen molar-refractivity contribution in [3.05, 3.63) is 11.0 Å². The Morgan fingerprint density at radius 2 is 2.22 bits per heavy atom. The van der Waals surface area contributed by atoms with Crippen molar-refractivity contribution in [3.8, 4) is 0 Å². The fraction of sp³-hybridized carbons (Fsp3) is 0.600. The summed E-state index contributed by atoms with van der Waals surface area (Å²) in [6.07, 6.45) is 0. The summed E-state index contributed by atoms with van der Waals surface area (Å²) >= 11 is 3.27. The van der Waals surface area contributed by atoms with E-state index in [1.165, 1.54) is 5.41 Å². The molecule has 1 aliphatic rings. The molecular weight excluding hydrogens is 204 g/mol. The number of alkyl halides is 1. The third-order valence-electron chi connectivity index (χ3n) is 1.21. The summed E-state index contributed by atoms with van der Waals surface area (Å²) < 4.78 is 21.0. The molecule has 1 heterocycles. The van der Waals surface area contributed by atoms with Crippen molar-refractivity contribution in [1.29, 1.82) is 0 Å². The van der Waals surface area contributed by atoms with E-state index >= 15 is 0 Å². The first kappa shape index (κ1) is 7.28. The minimum absolute atomic E-state index is 0.209. The van der Waals surface area contributed by atoms with Gasteiger partial charge in [-0.2, -0.15) is 0 Å². The Morgan fingerprint density at radius 1 is 1.78 bits per heavy atom. The second-order valence-electron chi connectivity index (χ2n) is 2.12. The van der Waals surface area contributed by atoms with Crippen molar-refractivity contribution >= 4 is 25.8 Å². The molecule has 0 bridgehead atoms. The topological polar surface area (TPSA) is 34.1 Å². The van der Waals surface area contributed by atoms with Gasteiger partial charge in [-0.1, -0.05) is 15.9 Å². The van der Waals surface area contributed by atoms with Crippen molar-refractivity contribution < 1.29 is 8.42 Å². The van der Waals surface area contributed by atoms with Gasteiger partial charge in [0.15, 0.2) is 9.84 Å². The molecule has 0 spiro atoms. The van der Waals surface area contributed by atoms with Gasteiger partial charge in [0.1, 0.15) is 0 Å². The van der Waals surface area contributed by atoms with Crippen LogP contribution in [0.5, 0.6) is 0 Å². The maximum absolute atomic E-state index is 10.5. The average molecular weight is 211 g/mol. The van der Waals surface area contributed by atoms with Crippen molar-refractivity contribution in [2.24, 2.45) is 0 Å². The molecule has 1 atom stereocenters. The van der Waals surface area contributed by atoms with E-state index in [0.29, 0.717) is 0 Å². The highest BCUT2D eigenvalue weighted by Crippen LogP contribution is 2.23. The first-order valence-electron chi connectivity index (χ1n) is 2.58. The average Bonchev–Trinajstić information content (AvgIpc) is 1.59. The highest BCUT2D eigenvalue weighted by Gasteiger charge is 2.24. The lowest BCUT2D eigenvalue weighted by molar-refractivity contribution is 0.602. The molecular formula is C5H7BrO2S. The van der Waals surface area contributed by atoms with Crippen LogP contribution in [-0.4, -0.2) is 19.0 Å². The predicted octanol–water partition coefficient (Wildman–Crippen LogP) is 1.08. The molecule has 2 nitrogen and oxygen atoms in total. The van der Waals surface area contributed by atoms with Gasteiger partial charge >= 0.3 is 0 Å². The van der Waals surface area contributed by atoms with E-state index in [4.69, 9.17) is 0 Å². The number of halogens is 1. The first-order valence-corrected chi connectivity index (χ1v) is 5.22. The minimum Gasteiger partial charge on any atom is -0.224 e. The molecule has 0 fully saturated rings. The largest absolute Gasteiger partial charge is 0.224 e. The number of hydrogen-bond acceptors (Lipinski definition) is 2. The summed E-state index contributed by atoms with van der Waals surface area (Å²) in [7, 11) is -2.77. The molecule has 0 aromatic heterocycles. The molecule has 0 radical (unpaired) electrons. The Bertz CT molecular complexity index is 238.